The van der Waals surface area contributed by atoms with Gasteiger partial charge in [0.15, 0.2) is 0 Å². The van der Waals surface area contributed by atoms with Gasteiger partial charge >= 0.3 is 0 Å². The number of nitrogens with zero attached hydrogens (tertiary/aromatic N) is 2. The Bertz CT molecular complexity index is 364. The van der Waals surface area contributed by atoms with Crippen LogP contribution in [-0.2, 0) is 0 Å². The molecule has 0 saturated carbocycles. The summed E-state index contributed by atoms with van der Waals surface area (Å²) in [6.45, 7) is 4.32. The Balaban J connectivity index is 2.16. The highest BCUT2D eigenvalue weighted by Gasteiger charge is 2.21. The molecule has 2 rings (SSSR count). The zero-order chi connectivity index (χ0) is 13.0. The molecule has 18 heavy (non-hydrogen) atoms. The Morgan fingerprint density at radius 1 is 1.33 bits per heavy atom. The minimum absolute atomic E-state index is 0.517. The zero-order valence-electron chi connectivity index (χ0n) is 11.2. The van der Waals surface area contributed by atoms with Gasteiger partial charge < -0.3 is 15.1 Å². The van der Waals surface area contributed by atoms with Gasteiger partial charge in [-0.2, -0.15) is 0 Å². The van der Waals surface area contributed by atoms with E-state index in [4.69, 9.17) is 11.6 Å². The Kier molecular flexibility index (Phi) is 4.87. The molecule has 3 nitrogen and oxygen atoms in total. The van der Waals surface area contributed by atoms with Crippen LogP contribution in [0.2, 0.25) is 5.02 Å². The Morgan fingerprint density at radius 2 is 2.06 bits per heavy atom. The lowest BCUT2D eigenvalue weighted by atomic mass is 10.2. The topological polar surface area (TPSA) is 18.5 Å². The molecule has 1 heterocycles. The lowest BCUT2D eigenvalue weighted by Gasteiger charge is -2.33. The van der Waals surface area contributed by atoms with Crippen LogP contribution in [0.3, 0.4) is 0 Å². The van der Waals surface area contributed by atoms with Crippen molar-refractivity contribution in [3.8, 4) is 0 Å². The summed E-state index contributed by atoms with van der Waals surface area (Å²) in [5.74, 6) is 0. The second-order valence-electron chi connectivity index (χ2n) is 5.14. The molecule has 1 aromatic carbocycles. The van der Waals surface area contributed by atoms with Crippen molar-refractivity contribution in [2.75, 3.05) is 45.2 Å². The quantitative estimate of drug-likeness (QED) is 0.905. The van der Waals surface area contributed by atoms with Crippen molar-refractivity contribution in [3.05, 3.63) is 29.3 Å². The molecular formula is C14H22ClN3. The number of anilines is 1. The van der Waals surface area contributed by atoms with Crippen molar-refractivity contribution in [2.24, 2.45) is 0 Å². The van der Waals surface area contributed by atoms with E-state index in [-0.39, 0.29) is 0 Å². The van der Waals surface area contributed by atoms with E-state index in [2.05, 4.69) is 41.3 Å². The van der Waals surface area contributed by atoms with Gasteiger partial charge in [-0.1, -0.05) is 11.6 Å². The second kappa shape index (κ2) is 6.41. The molecule has 4 heteroatoms. The number of hydrogen-bond donors (Lipinski definition) is 1. The second-order valence-corrected chi connectivity index (χ2v) is 5.58. The van der Waals surface area contributed by atoms with Gasteiger partial charge in [-0.3, -0.25) is 0 Å². The Hall–Kier alpha value is -0.770. The molecule has 1 saturated heterocycles. The molecule has 100 valence electrons. The number of benzene rings is 1. The molecule has 1 unspecified atom stereocenters. The van der Waals surface area contributed by atoms with E-state index in [0.29, 0.717) is 6.04 Å². The summed E-state index contributed by atoms with van der Waals surface area (Å²) in [5.41, 5.74) is 1.27. The number of nitrogens with one attached hydrogen (secondary N) is 1. The molecule has 0 radical (unpaired) electrons. The van der Waals surface area contributed by atoms with Crippen LogP contribution < -0.4 is 10.2 Å². The van der Waals surface area contributed by atoms with Gasteiger partial charge in [-0.15, -0.1) is 0 Å². The van der Waals surface area contributed by atoms with Gasteiger partial charge in [0.2, 0.25) is 0 Å². The number of rotatable bonds is 3. The molecule has 1 aromatic rings. The van der Waals surface area contributed by atoms with Crippen molar-refractivity contribution in [1.29, 1.82) is 0 Å². The minimum Gasteiger partial charge on any atom is -0.366 e. The fourth-order valence-electron chi connectivity index (χ4n) is 2.49. The first-order chi connectivity index (χ1) is 8.66. The predicted octanol–water partition coefficient (Wildman–Crippen LogP) is 2.07. The average molecular weight is 268 g/mol. The van der Waals surface area contributed by atoms with Crippen LogP contribution >= 0.6 is 11.6 Å². The summed E-state index contributed by atoms with van der Waals surface area (Å²) in [5, 5.41) is 4.32. The SMILES string of the molecule is CN(C)CC1CNCCCN1c1ccc(Cl)cc1. The first-order valence-corrected chi connectivity index (χ1v) is 6.92. The van der Waals surface area contributed by atoms with Crippen LogP contribution in [0.25, 0.3) is 0 Å². The monoisotopic (exact) mass is 267 g/mol. The molecule has 1 aliphatic heterocycles. The summed E-state index contributed by atoms with van der Waals surface area (Å²) < 4.78 is 0. The normalized spacial score (nSPS) is 21.1. The fourth-order valence-corrected chi connectivity index (χ4v) is 2.62. The number of likely N-dealkylation sites (N-methyl/N-ethyl adjacent to an activating group) is 1. The van der Waals surface area contributed by atoms with Crippen LogP contribution in [-0.4, -0.2) is 51.2 Å². The van der Waals surface area contributed by atoms with Crippen LogP contribution in [0, 0.1) is 0 Å². The molecule has 0 aliphatic carbocycles. The standard InChI is InChI=1S/C14H22ClN3/c1-17(2)11-14-10-16-8-3-9-18(14)13-6-4-12(15)5-7-13/h4-7,14,16H,3,8-11H2,1-2H3. The van der Waals surface area contributed by atoms with Gasteiger partial charge in [0, 0.05) is 30.3 Å². The molecule has 0 bridgehead atoms. The third kappa shape index (κ3) is 3.61. The summed E-state index contributed by atoms with van der Waals surface area (Å²) in [6, 6.07) is 8.71. The third-order valence-electron chi connectivity index (χ3n) is 3.31. The molecule has 0 amide bonds. The van der Waals surface area contributed by atoms with Crippen LogP contribution in [0.4, 0.5) is 5.69 Å². The molecule has 0 aromatic heterocycles. The van der Waals surface area contributed by atoms with Crippen LogP contribution in [0.15, 0.2) is 24.3 Å². The Labute approximate surface area is 115 Å². The van der Waals surface area contributed by atoms with Crippen LogP contribution in [0.1, 0.15) is 6.42 Å². The maximum absolute atomic E-state index is 5.96. The molecule has 0 spiro atoms. The van der Waals surface area contributed by atoms with Gasteiger partial charge in [0.1, 0.15) is 0 Å². The lowest BCUT2D eigenvalue weighted by molar-refractivity contribution is 0.361. The maximum atomic E-state index is 5.96. The molecule has 1 atom stereocenters. The van der Waals surface area contributed by atoms with Gasteiger partial charge in [0.05, 0.1) is 6.04 Å². The molecule has 1 fully saturated rings. The van der Waals surface area contributed by atoms with E-state index in [1.807, 2.05) is 12.1 Å². The van der Waals surface area contributed by atoms with Crippen LogP contribution in [0.5, 0.6) is 0 Å². The van der Waals surface area contributed by atoms with E-state index >= 15 is 0 Å². The molecule has 1 aliphatic rings. The maximum Gasteiger partial charge on any atom is 0.0541 e. The third-order valence-corrected chi connectivity index (χ3v) is 3.56. The van der Waals surface area contributed by atoms with Crippen molar-refractivity contribution in [1.82, 2.24) is 10.2 Å². The van der Waals surface area contributed by atoms with Crippen molar-refractivity contribution in [2.45, 2.75) is 12.5 Å². The van der Waals surface area contributed by atoms with Crippen molar-refractivity contribution in [3.63, 3.8) is 0 Å². The zero-order valence-corrected chi connectivity index (χ0v) is 12.0. The highest BCUT2D eigenvalue weighted by Crippen LogP contribution is 2.21. The van der Waals surface area contributed by atoms with Gasteiger partial charge in [-0.05, 0) is 51.3 Å². The van der Waals surface area contributed by atoms with Gasteiger partial charge in [0.25, 0.3) is 0 Å². The highest BCUT2D eigenvalue weighted by molar-refractivity contribution is 6.30. The lowest BCUT2D eigenvalue weighted by Crippen LogP contribution is -2.46. The minimum atomic E-state index is 0.517. The van der Waals surface area contributed by atoms with E-state index < -0.39 is 0 Å². The smallest absolute Gasteiger partial charge is 0.0541 e. The average Bonchev–Trinajstić information content (AvgIpc) is 2.55. The predicted molar refractivity (Wildman–Crippen MR) is 78.6 cm³/mol. The molecule has 1 N–H and O–H groups in total. The van der Waals surface area contributed by atoms with E-state index in [1.165, 1.54) is 12.1 Å². The highest BCUT2D eigenvalue weighted by atomic mass is 35.5. The van der Waals surface area contributed by atoms with E-state index in [1.54, 1.807) is 0 Å². The van der Waals surface area contributed by atoms with Crippen molar-refractivity contribution < 1.29 is 0 Å². The summed E-state index contributed by atoms with van der Waals surface area (Å²) in [4.78, 5) is 4.75. The van der Waals surface area contributed by atoms with E-state index in [9.17, 15) is 0 Å². The first kappa shape index (κ1) is 13.7. The summed E-state index contributed by atoms with van der Waals surface area (Å²) >= 11 is 5.96. The molecular weight excluding hydrogens is 246 g/mol. The first-order valence-electron chi connectivity index (χ1n) is 6.54. The summed E-state index contributed by atoms with van der Waals surface area (Å²) in [7, 11) is 4.26. The number of halogens is 1. The Morgan fingerprint density at radius 3 is 2.72 bits per heavy atom. The summed E-state index contributed by atoms with van der Waals surface area (Å²) in [6.07, 6.45) is 1.19. The number of hydrogen-bond acceptors (Lipinski definition) is 3. The van der Waals surface area contributed by atoms with E-state index in [0.717, 1.165) is 31.2 Å². The van der Waals surface area contributed by atoms with Crippen molar-refractivity contribution >= 4 is 17.3 Å². The fraction of sp³-hybridized carbons (Fsp3) is 0.571. The largest absolute Gasteiger partial charge is 0.366 e. The van der Waals surface area contributed by atoms with Gasteiger partial charge in [-0.25, -0.2) is 0 Å².